The molecule has 0 aliphatic rings. The van der Waals surface area contributed by atoms with E-state index in [1.165, 1.54) is 5.39 Å². The molecule has 2 heteroatoms. The molecule has 0 amide bonds. The van der Waals surface area contributed by atoms with Crippen molar-refractivity contribution < 1.29 is 4.74 Å². The van der Waals surface area contributed by atoms with E-state index in [1.807, 2.05) is 18.3 Å². The third kappa shape index (κ3) is 2.09. The smallest absolute Gasteiger partial charge is 0.119 e. The number of nitrogens with zero attached hydrogens (tertiary/aromatic N) is 1. The van der Waals surface area contributed by atoms with Crippen LogP contribution in [0.1, 0.15) is 19.0 Å². The lowest BCUT2D eigenvalue weighted by Gasteiger charge is -2.04. The van der Waals surface area contributed by atoms with E-state index in [9.17, 15) is 0 Å². The number of hydrogen-bond acceptors (Lipinski definition) is 2. The van der Waals surface area contributed by atoms with Gasteiger partial charge in [0.05, 0.1) is 7.11 Å². The third-order valence-electron chi connectivity index (χ3n) is 2.49. The Labute approximate surface area is 89.9 Å². The van der Waals surface area contributed by atoms with Gasteiger partial charge in [-0.15, -0.1) is 0 Å². The minimum atomic E-state index is 0.882. The first kappa shape index (κ1) is 9.97. The van der Waals surface area contributed by atoms with Crippen molar-refractivity contribution in [3.63, 3.8) is 0 Å². The van der Waals surface area contributed by atoms with E-state index >= 15 is 0 Å². The molecule has 1 heterocycles. The predicted molar refractivity (Wildman–Crippen MR) is 62.3 cm³/mol. The maximum atomic E-state index is 5.17. The number of aromatic nitrogens is 1. The highest BCUT2D eigenvalue weighted by Crippen LogP contribution is 2.20. The second-order valence-corrected chi connectivity index (χ2v) is 3.64. The molecule has 15 heavy (non-hydrogen) atoms. The van der Waals surface area contributed by atoms with Crippen molar-refractivity contribution in [1.29, 1.82) is 0 Å². The fraction of sp³-hybridized carbons (Fsp3) is 0.308. The van der Waals surface area contributed by atoms with Gasteiger partial charge in [-0.2, -0.15) is 0 Å². The van der Waals surface area contributed by atoms with Gasteiger partial charge in [-0.3, -0.25) is 4.98 Å². The van der Waals surface area contributed by atoms with E-state index in [-0.39, 0.29) is 0 Å². The number of fused-ring (bicyclic) bond motifs is 1. The van der Waals surface area contributed by atoms with Crippen LogP contribution in [-0.4, -0.2) is 12.1 Å². The van der Waals surface area contributed by atoms with Gasteiger partial charge in [0.25, 0.3) is 0 Å². The Bertz CT molecular complexity index is 465. The molecule has 2 rings (SSSR count). The Morgan fingerprint density at radius 2 is 2.07 bits per heavy atom. The first-order valence-corrected chi connectivity index (χ1v) is 5.26. The average Bonchev–Trinajstić information content (AvgIpc) is 2.29. The predicted octanol–water partition coefficient (Wildman–Crippen LogP) is 3.20. The molecule has 0 bridgehead atoms. The van der Waals surface area contributed by atoms with Crippen molar-refractivity contribution in [3.8, 4) is 5.75 Å². The molecule has 2 aromatic rings. The van der Waals surface area contributed by atoms with Gasteiger partial charge in [0, 0.05) is 17.3 Å². The summed E-state index contributed by atoms with van der Waals surface area (Å²) in [6.07, 6.45) is 4.10. The van der Waals surface area contributed by atoms with Crippen molar-refractivity contribution in [1.82, 2.24) is 4.98 Å². The van der Waals surface area contributed by atoms with Crippen molar-refractivity contribution in [3.05, 3.63) is 36.2 Å². The Balaban J connectivity index is 2.45. The first-order valence-electron chi connectivity index (χ1n) is 5.26. The van der Waals surface area contributed by atoms with Crippen LogP contribution in [0.15, 0.2) is 30.5 Å². The Hall–Kier alpha value is -1.57. The van der Waals surface area contributed by atoms with Crippen LogP contribution >= 0.6 is 0 Å². The standard InChI is InChI=1S/C13H15NO/c1-3-4-12-7-10-5-6-13(15-2)8-11(10)9-14-12/h5-9H,3-4H2,1-2H3. The van der Waals surface area contributed by atoms with Crippen molar-refractivity contribution in [2.75, 3.05) is 7.11 Å². The van der Waals surface area contributed by atoms with Gasteiger partial charge in [0.2, 0.25) is 0 Å². The molecule has 0 spiro atoms. The lowest BCUT2D eigenvalue weighted by molar-refractivity contribution is 0.415. The summed E-state index contributed by atoms with van der Waals surface area (Å²) in [5.74, 6) is 0.882. The monoisotopic (exact) mass is 201 g/mol. The van der Waals surface area contributed by atoms with Crippen molar-refractivity contribution in [2.24, 2.45) is 0 Å². The number of rotatable bonds is 3. The number of hydrogen-bond donors (Lipinski definition) is 0. The van der Waals surface area contributed by atoms with Crippen LogP contribution in [0.3, 0.4) is 0 Å². The summed E-state index contributed by atoms with van der Waals surface area (Å²) in [4.78, 5) is 4.42. The zero-order valence-electron chi connectivity index (χ0n) is 9.16. The van der Waals surface area contributed by atoms with Gasteiger partial charge >= 0.3 is 0 Å². The van der Waals surface area contributed by atoms with Crippen LogP contribution < -0.4 is 4.74 Å². The third-order valence-corrected chi connectivity index (χ3v) is 2.49. The lowest BCUT2D eigenvalue weighted by Crippen LogP contribution is -1.89. The molecule has 0 saturated heterocycles. The van der Waals surface area contributed by atoms with Crippen LogP contribution in [0.4, 0.5) is 0 Å². The van der Waals surface area contributed by atoms with E-state index in [1.54, 1.807) is 7.11 Å². The normalized spacial score (nSPS) is 10.5. The molecule has 0 saturated carbocycles. The van der Waals surface area contributed by atoms with Crippen molar-refractivity contribution in [2.45, 2.75) is 19.8 Å². The van der Waals surface area contributed by atoms with Crippen LogP contribution in [0.5, 0.6) is 5.75 Å². The molecule has 1 aromatic carbocycles. The maximum absolute atomic E-state index is 5.17. The second kappa shape index (κ2) is 4.30. The highest BCUT2D eigenvalue weighted by atomic mass is 16.5. The highest BCUT2D eigenvalue weighted by Gasteiger charge is 1.99. The minimum Gasteiger partial charge on any atom is -0.497 e. The molecule has 0 atom stereocenters. The van der Waals surface area contributed by atoms with Crippen LogP contribution in [0.2, 0.25) is 0 Å². The Kier molecular flexibility index (Phi) is 2.86. The fourth-order valence-corrected chi connectivity index (χ4v) is 1.69. The lowest BCUT2D eigenvalue weighted by atomic mass is 10.1. The summed E-state index contributed by atoms with van der Waals surface area (Å²) in [6.45, 7) is 2.17. The molecule has 0 aliphatic heterocycles. The molecule has 0 aliphatic carbocycles. The second-order valence-electron chi connectivity index (χ2n) is 3.64. The number of benzene rings is 1. The molecule has 0 unspecified atom stereocenters. The summed E-state index contributed by atoms with van der Waals surface area (Å²) >= 11 is 0. The zero-order valence-corrected chi connectivity index (χ0v) is 9.16. The molecule has 1 aromatic heterocycles. The van der Waals surface area contributed by atoms with Gasteiger partial charge in [-0.1, -0.05) is 19.4 Å². The zero-order chi connectivity index (χ0) is 10.7. The van der Waals surface area contributed by atoms with E-state index in [0.717, 1.165) is 29.7 Å². The van der Waals surface area contributed by atoms with E-state index in [4.69, 9.17) is 4.74 Å². The van der Waals surface area contributed by atoms with Crippen LogP contribution in [-0.2, 0) is 6.42 Å². The number of ether oxygens (including phenoxy) is 1. The minimum absolute atomic E-state index is 0.882. The highest BCUT2D eigenvalue weighted by molar-refractivity contribution is 5.83. The SMILES string of the molecule is CCCc1cc2ccc(OC)cc2cn1. The molecule has 0 fully saturated rings. The quantitative estimate of drug-likeness (QED) is 0.760. The van der Waals surface area contributed by atoms with E-state index in [2.05, 4.69) is 24.0 Å². The molecule has 0 radical (unpaired) electrons. The summed E-state index contributed by atoms with van der Waals surface area (Å²) in [5, 5.41) is 2.36. The molecule has 2 nitrogen and oxygen atoms in total. The molecule has 78 valence electrons. The van der Waals surface area contributed by atoms with E-state index in [0.29, 0.717) is 0 Å². The van der Waals surface area contributed by atoms with Crippen LogP contribution in [0.25, 0.3) is 10.8 Å². The van der Waals surface area contributed by atoms with Gasteiger partial charge in [-0.05, 0) is 30.0 Å². The fourth-order valence-electron chi connectivity index (χ4n) is 1.69. The summed E-state index contributed by atoms with van der Waals surface area (Å²) < 4.78 is 5.17. The number of methoxy groups -OCH3 is 1. The van der Waals surface area contributed by atoms with Crippen molar-refractivity contribution >= 4 is 10.8 Å². The largest absolute Gasteiger partial charge is 0.497 e. The van der Waals surface area contributed by atoms with Gasteiger partial charge in [0.1, 0.15) is 5.75 Å². The Morgan fingerprint density at radius 1 is 1.20 bits per heavy atom. The Morgan fingerprint density at radius 3 is 2.80 bits per heavy atom. The van der Waals surface area contributed by atoms with Gasteiger partial charge < -0.3 is 4.74 Å². The maximum Gasteiger partial charge on any atom is 0.119 e. The summed E-state index contributed by atoms with van der Waals surface area (Å²) in [5.41, 5.74) is 1.16. The molecule has 0 N–H and O–H groups in total. The topological polar surface area (TPSA) is 22.1 Å². The average molecular weight is 201 g/mol. The number of pyridine rings is 1. The van der Waals surface area contributed by atoms with Gasteiger partial charge in [0.15, 0.2) is 0 Å². The summed E-state index contributed by atoms with van der Waals surface area (Å²) in [6, 6.07) is 8.23. The van der Waals surface area contributed by atoms with Gasteiger partial charge in [-0.25, -0.2) is 0 Å². The first-order chi connectivity index (χ1) is 7.33. The van der Waals surface area contributed by atoms with E-state index < -0.39 is 0 Å². The molecular formula is C13H15NO. The summed E-state index contributed by atoms with van der Waals surface area (Å²) in [7, 11) is 1.68. The number of aryl methyl sites for hydroxylation is 1. The van der Waals surface area contributed by atoms with Crippen LogP contribution in [0, 0.1) is 0 Å². The molecular weight excluding hydrogens is 186 g/mol.